The zero-order valence-electron chi connectivity index (χ0n) is 10.6. The summed E-state index contributed by atoms with van der Waals surface area (Å²) in [5, 5.41) is 0. The molecule has 0 spiro atoms. The quantitative estimate of drug-likeness (QED) is 0.446. The van der Waals surface area contributed by atoms with Crippen LogP contribution in [-0.2, 0) is 14.3 Å². The largest absolute Gasteiger partial charge is 0.466 e. The third kappa shape index (κ3) is 7.42. The first-order valence-electron chi connectivity index (χ1n) is 6.50. The molecule has 0 atom stereocenters. The van der Waals surface area contributed by atoms with Crippen molar-refractivity contribution in [3.8, 4) is 0 Å². The maximum absolute atomic E-state index is 11.4. The van der Waals surface area contributed by atoms with Gasteiger partial charge in [-0.2, -0.15) is 11.8 Å². The molecule has 1 aliphatic carbocycles. The van der Waals surface area contributed by atoms with Gasteiger partial charge in [-0.15, -0.1) is 0 Å². The molecule has 3 nitrogen and oxygen atoms in total. The molecule has 0 bridgehead atoms. The van der Waals surface area contributed by atoms with E-state index in [0.29, 0.717) is 24.7 Å². The molecule has 1 aliphatic rings. The van der Waals surface area contributed by atoms with Crippen molar-refractivity contribution in [2.24, 2.45) is 5.92 Å². The molecule has 17 heavy (non-hydrogen) atoms. The lowest BCUT2D eigenvalue weighted by atomic mass is 10.2. The third-order valence-corrected chi connectivity index (χ3v) is 3.87. The Labute approximate surface area is 108 Å². The minimum Gasteiger partial charge on any atom is -0.466 e. The summed E-state index contributed by atoms with van der Waals surface area (Å²) < 4.78 is 4.84. The van der Waals surface area contributed by atoms with E-state index in [-0.39, 0.29) is 5.97 Å². The Morgan fingerprint density at radius 2 is 1.82 bits per heavy atom. The Morgan fingerprint density at radius 3 is 2.41 bits per heavy atom. The Bertz CT molecular complexity index is 249. The average molecular weight is 258 g/mol. The van der Waals surface area contributed by atoms with Crippen LogP contribution in [0.5, 0.6) is 0 Å². The summed E-state index contributed by atoms with van der Waals surface area (Å²) in [6.45, 7) is 2.29. The lowest BCUT2D eigenvalue weighted by molar-refractivity contribution is -0.143. The molecule has 4 heteroatoms. The highest BCUT2D eigenvalue weighted by Gasteiger charge is 2.28. The molecule has 0 unspecified atom stereocenters. The van der Waals surface area contributed by atoms with Crippen molar-refractivity contribution < 1.29 is 14.3 Å². The highest BCUT2D eigenvalue weighted by molar-refractivity contribution is 7.99. The van der Waals surface area contributed by atoms with Crippen LogP contribution >= 0.6 is 11.8 Å². The summed E-state index contributed by atoms with van der Waals surface area (Å²) >= 11 is 1.83. The molecular weight excluding hydrogens is 236 g/mol. The van der Waals surface area contributed by atoms with Gasteiger partial charge in [-0.05, 0) is 44.1 Å². The first kappa shape index (κ1) is 14.6. The monoisotopic (exact) mass is 258 g/mol. The Morgan fingerprint density at radius 1 is 1.18 bits per heavy atom. The number of thioether (sulfide) groups is 1. The number of carbonyl (C=O) groups is 2. The van der Waals surface area contributed by atoms with Crippen LogP contribution in [0.1, 0.15) is 45.4 Å². The molecule has 98 valence electrons. The highest BCUT2D eigenvalue weighted by atomic mass is 32.2. The van der Waals surface area contributed by atoms with Crippen LogP contribution < -0.4 is 0 Å². The number of ether oxygens (including phenoxy) is 1. The van der Waals surface area contributed by atoms with E-state index in [0.717, 1.165) is 43.6 Å². The van der Waals surface area contributed by atoms with E-state index in [1.807, 2.05) is 18.7 Å². The number of rotatable bonds is 10. The van der Waals surface area contributed by atoms with Gasteiger partial charge >= 0.3 is 5.97 Å². The van der Waals surface area contributed by atoms with Crippen molar-refractivity contribution in [2.45, 2.75) is 45.4 Å². The Kier molecular flexibility index (Phi) is 7.33. The van der Waals surface area contributed by atoms with Gasteiger partial charge in [-0.25, -0.2) is 0 Å². The molecule has 1 rings (SSSR count). The first-order chi connectivity index (χ1) is 8.24. The number of hydrogen-bond acceptors (Lipinski definition) is 4. The van der Waals surface area contributed by atoms with Crippen molar-refractivity contribution >= 4 is 23.5 Å². The van der Waals surface area contributed by atoms with E-state index in [1.54, 1.807) is 0 Å². The minimum atomic E-state index is -0.1000. The van der Waals surface area contributed by atoms with Crippen LogP contribution in [0.3, 0.4) is 0 Å². The molecule has 0 amide bonds. The molecule has 0 heterocycles. The third-order valence-electron chi connectivity index (χ3n) is 2.72. The first-order valence-corrected chi connectivity index (χ1v) is 7.65. The van der Waals surface area contributed by atoms with Gasteiger partial charge in [0.25, 0.3) is 0 Å². The number of Topliss-reactive ketones (excluding diaryl/α,β-unsaturated/α-hetero) is 1. The van der Waals surface area contributed by atoms with Crippen LogP contribution in [0.4, 0.5) is 0 Å². The number of carbonyl (C=O) groups excluding carboxylic acids is 2. The maximum Gasteiger partial charge on any atom is 0.305 e. The summed E-state index contributed by atoms with van der Waals surface area (Å²) in [4.78, 5) is 22.4. The van der Waals surface area contributed by atoms with Crippen molar-refractivity contribution in [3.63, 3.8) is 0 Å². The van der Waals surface area contributed by atoms with Crippen molar-refractivity contribution in [1.29, 1.82) is 0 Å². The number of esters is 1. The lowest BCUT2D eigenvalue weighted by Gasteiger charge is -2.02. The lowest BCUT2D eigenvalue weighted by Crippen LogP contribution is -2.04. The molecule has 0 aromatic carbocycles. The van der Waals surface area contributed by atoms with E-state index in [2.05, 4.69) is 0 Å². The molecule has 1 saturated carbocycles. The molecule has 0 saturated heterocycles. The molecule has 0 aromatic rings. The fourth-order valence-corrected chi connectivity index (χ4v) is 2.51. The van der Waals surface area contributed by atoms with Crippen molar-refractivity contribution in [1.82, 2.24) is 0 Å². The van der Waals surface area contributed by atoms with E-state index in [9.17, 15) is 9.59 Å². The van der Waals surface area contributed by atoms with Gasteiger partial charge in [0.1, 0.15) is 5.78 Å². The van der Waals surface area contributed by atoms with E-state index < -0.39 is 0 Å². The van der Waals surface area contributed by atoms with Crippen LogP contribution in [-0.4, -0.2) is 29.9 Å². The number of hydrogen-bond donors (Lipinski definition) is 0. The van der Waals surface area contributed by atoms with Crippen LogP contribution in [0.25, 0.3) is 0 Å². The minimum absolute atomic E-state index is 0.1000. The van der Waals surface area contributed by atoms with Gasteiger partial charge in [-0.3, -0.25) is 9.59 Å². The molecule has 0 aliphatic heterocycles. The number of ketones is 1. The van der Waals surface area contributed by atoms with Gasteiger partial charge in [0.15, 0.2) is 0 Å². The van der Waals surface area contributed by atoms with Crippen molar-refractivity contribution in [2.75, 3.05) is 18.1 Å². The van der Waals surface area contributed by atoms with Gasteiger partial charge < -0.3 is 4.74 Å². The smallest absolute Gasteiger partial charge is 0.305 e. The second kappa shape index (κ2) is 8.56. The van der Waals surface area contributed by atoms with E-state index in [4.69, 9.17) is 4.74 Å². The second-order valence-corrected chi connectivity index (χ2v) is 5.59. The summed E-state index contributed by atoms with van der Waals surface area (Å²) in [5.74, 6) is 2.77. The summed E-state index contributed by atoms with van der Waals surface area (Å²) in [6, 6.07) is 0. The van der Waals surface area contributed by atoms with E-state index in [1.165, 1.54) is 0 Å². The average Bonchev–Trinajstić information content (AvgIpc) is 3.11. The molecular formula is C13H22O3S. The highest BCUT2D eigenvalue weighted by Crippen LogP contribution is 2.31. The van der Waals surface area contributed by atoms with E-state index >= 15 is 0 Å². The zero-order chi connectivity index (χ0) is 12.5. The van der Waals surface area contributed by atoms with Gasteiger partial charge in [-0.1, -0.05) is 0 Å². The molecule has 1 fully saturated rings. The normalized spacial score (nSPS) is 14.6. The second-order valence-electron chi connectivity index (χ2n) is 4.37. The van der Waals surface area contributed by atoms with Gasteiger partial charge in [0.2, 0.25) is 0 Å². The molecule has 0 N–H and O–H groups in total. The standard InChI is InChI=1S/C13H22O3S/c1-2-16-13(15)6-4-10-17-9-3-5-12(14)11-7-8-11/h11H,2-10H2,1H3. The van der Waals surface area contributed by atoms with Gasteiger partial charge in [0.05, 0.1) is 6.61 Å². The SMILES string of the molecule is CCOC(=O)CCCSCCCC(=O)C1CC1. The predicted octanol–water partition coefficient (Wildman–Crippen LogP) is 2.82. The predicted molar refractivity (Wildman–Crippen MR) is 70.2 cm³/mol. The molecule has 0 radical (unpaired) electrons. The Hall–Kier alpha value is -0.510. The van der Waals surface area contributed by atoms with Crippen LogP contribution in [0, 0.1) is 5.92 Å². The summed E-state index contributed by atoms with van der Waals surface area (Å²) in [7, 11) is 0. The topological polar surface area (TPSA) is 43.4 Å². The fourth-order valence-electron chi connectivity index (χ4n) is 1.61. The van der Waals surface area contributed by atoms with Crippen LogP contribution in [0.15, 0.2) is 0 Å². The maximum atomic E-state index is 11.4. The zero-order valence-corrected chi connectivity index (χ0v) is 11.4. The van der Waals surface area contributed by atoms with Crippen LogP contribution in [0.2, 0.25) is 0 Å². The molecule has 0 aromatic heterocycles. The Balaban J connectivity index is 1.80. The summed E-state index contributed by atoms with van der Waals surface area (Å²) in [6.07, 6.45) is 5.36. The fraction of sp³-hybridized carbons (Fsp3) is 0.846. The van der Waals surface area contributed by atoms with Crippen molar-refractivity contribution in [3.05, 3.63) is 0 Å². The van der Waals surface area contributed by atoms with Gasteiger partial charge in [0, 0.05) is 18.8 Å². The summed E-state index contributed by atoms with van der Waals surface area (Å²) in [5.41, 5.74) is 0.